The molecule has 0 aromatic heterocycles. The zero-order valence-electron chi connectivity index (χ0n) is 13.1. The Kier molecular flexibility index (Phi) is 4.95. The van der Waals surface area contributed by atoms with Crippen molar-refractivity contribution in [3.8, 4) is 0 Å². The Balaban J connectivity index is 1.90. The van der Waals surface area contributed by atoms with Crippen molar-refractivity contribution in [3.05, 3.63) is 34.3 Å². The highest BCUT2D eigenvalue weighted by atomic mass is 79.9. The van der Waals surface area contributed by atoms with Gasteiger partial charge in [-0.3, -0.25) is 0 Å². The van der Waals surface area contributed by atoms with Crippen LogP contribution in [0.25, 0.3) is 0 Å². The summed E-state index contributed by atoms with van der Waals surface area (Å²) in [6, 6.07) is 6.51. The van der Waals surface area contributed by atoms with Crippen LogP contribution in [0.5, 0.6) is 0 Å². The van der Waals surface area contributed by atoms with E-state index in [2.05, 4.69) is 21.2 Å². The van der Waals surface area contributed by atoms with Crippen LogP contribution in [0.4, 0.5) is 8.78 Å². The zero-order chi connectivity index (χ0) is 17.4. The summed E-state index contributed by atoms with van der Waals surface area (Å²) in [5.41, 5.74) is -1.76. The van der Waals surface area contributed by atoms with Crippen molar-refractivity contribution in [1.82, 2.24) is 5.32 Å². The SMILES string of the molecule is O=C(OC1CCNC1)C(O)(c1ccc(Br)cc1)C1CCC(F)(F)C1. The van der Waals surface area contributed by atoms with Crippen LogP contribution in [0.2, 0.25) is 0 Å². The summed E-state index contributed by atoms with van der Waals surface area (Å²) in [5.74, 6) is -4.56. The van der Waals surface area contributed by atoms with Crippen LogP contribution in [0.1, 0.15) is 31.2 Å². The molecule has 3 unspecified atom stereocenters. The number of ether oxygens (including phenoxy) is 1. The van der Waals surface area contributed by atoms with Gasteiger partial charge in [-0.15, -0.1) is 0 Å². The summed E-state index contributed by atoms with van der Waals surface area (Å²) < 4.78 is 33.6. The Morgan fingerprint density at radius 2 is 2.04 bits per heavy atom. The molecule has 0 bridgehead atoms. The van der Waals surface area contributed by atoms with Crippen molar-refractivity contribution >= 4 is 21.9 Å². The molecular formula is C17H20BrF2NO3. The van der Waals surface area contributed by atoms with Crippen molar-refractivity contribution in [2.75, 3.05) is 13.1 Å². The lowest BCUT2D eigenvalue weighted by molar-refractivity contribution is -0.179. The Hall–Kier alpha value is -1.05. The van der Waals surface area contributed by atoms with E-state index in [0.717, 1.165) is 11.0 Å². The average molecular weight is 404 g/mol. The first kappa shape index (κ1) is 17.8. The molecular weight excluding hydrogens is 384 g/mol. The molecule has 1 heterocycles. The van der Waals surface area contributed by atoms with Crippen LogP contribution in [-0.2, 0) is 15.1 Å². The van der Waals surface area contributed by atoms with Crippen LogP contribution >= 0.6 is 15.9 Å². The van der Waals surface area contributed by atoms with Crippen LogP contribution in [-0.4, -0.2) is 36.2 Å². The lowest BCUT2D eigenvalue weighted by Crippen LogP contribution is -2.45. The van der Waals surface area contributed by atoms with Gasteiger partial charge in [0.1, 0.15) is 6.10 Å². The smallest absolute Gasteiger partial charge is 0.343 e. The van der Waals surface area contributed by atoms with Gasteiger partial charge in [0.25, 0.3) is 0 Å². The topological polar surface area (TPSA) is 58.6 Å². The van der Waals surface area contributed by atoms with E-state index in [1.807, 2.05) is 0 Å². The highest BCUT2D eigenvalue weighted by molar-refractivity contribution is 9.10. The largest absolute Gasteiger partial charge is 0.459 e. The van der Waals surface area contributed by atoms with Crippen molar-refractivity contribution < 1.29 is 23.4 Å². The maximum atomic E-state index is 13.7. The maximum Gasteiger partial charge on any atom is 0.343 e. The summed E-state index contributed by atoms with van der Waals surface area (Å²) >= 11 is 3.30. The van der Waals surface area contributed by atoms with E-state index in [-0.39, 0.29) is 18.9 Å². The fourth-order valence-electron chi connectivity index (χ4n) is 3.50. The molecule has 3 rings (SSSR count). The molecule has 0 amide bonds. The monoisotopic (exact) mass is 403 g/mol. The van der Waals surface area contributed by atoms with E-state index in [1.165, 1.54) is 0 Å². The fourth-order valence-corrected chi connectivity index (χ4v) is 3.77. The number of alkyl halides is 2. The maximum absolute atomic E-state index is 13.7. The Bertz CT molecular complexity index is 604. The molecule has 2 aliphatic rings. The molecule has 1 aromatic carbocycles. The van der Waals surface area contributed by atoms with Crippen molar-refractivity contribution in [2.24, 2.45) is 5.92 Å². The molecule has 7 heteroatoms. The Labute approximate surface area is 147 Å². The van der Waals surface area contributed by atoms with Gasteiger partial charge in [-0.05, 0) is 37.1 Å². The van der Waals surface area contributed by atoms with Gasteiger partial charge < -0.3 is 15.2 Å². The van der Waals surface area contributed by atoms with Gasteiger partial charge in [0.15, 0.2) is 5.60 Å². The standard InChI is InChI=1S/C17H20BrF2NO3/c18-13-3-1-11(2-4-13)17(23,12-5-7-16(19,20)9-12)15(22)24-14-6-8-21-10-14/h1-4,12,14,21,23H,5-10H2. The van der Waals surface area contributed by atoms with E-state index in [0.29, 0.717) is 18.5 Å². The molecule has 0 spiro atoms. The number of aliphatic hydroxyl groups is 1. The van der Waals surface area contributed by atoms with Crippen LogP contribution < -0.4 is 5.32 Å². The summed E-state index contributed by atoms with van der Waals surface area (Å²) in [4.78, 5) is 12.7. The molecule has 24 heavy (non-hydrogen) atoms. The van der Waals surface area contributed by atoms with Crippen LogP contribution in [0.3, 0.4) is 0 Å². The van der Waals surface area contributed by atoms with Gasteiger partial charge >= 0.3 is 5.97 Å². The molecule has 0 radical (unpaired) electrons. The third-order valence-electron chi connectivity index (χ3n) is 4.88. The second-order valence-electron chi connectivity index (χ2n) is 6.59. The summed E-state index contributed by atoms with van der Waals surface area (Å²) in [6.45, 7) is 1.25. The number of nitrogens with one attached hydrogen (secondary N) is 1. The van der Waals surface area contributed by atoms with E-state index >= 15 is 0 Å². The third kappa shape index (κ3) is 3.48. The molecule has 1 saturated heterocycles. The minimum Gasteiger partial charge on any atom is -0.459 e. The first-order chi connectivity index (χ1) is 11.3. The van der Waals surface area contributed by atoms with Gasteiger partial charge in [-0.25, -0.2) is 13.6 Å². The van der Waals surface area contributed by atoms with E-state index in [4.69, 9.17) is 4.74 Å². The highest BCUT2D eigenvalue weighted by Gasteiger charge is 2.54. The van der Waals surface area contributed by atoms with E-state index in [1.54, 1.807) is 24.3 Å². The molecule has 1 aromatic rings. The number of benzene rings is 1. The molecule has 4 nitrogen and oxygen atoms in total. The predicted molar refractivity (Wildman–Crippen MR) is 87.7 cm³/mol. The highest BCUT2D eigenvalue weighted by Crippen LogP contribution is 2.48. The Morgan fingerprint density at radius 1 is 1.33 bits per heavy atom. The lowest BCUT2D eigenvalue weighted by Gasteiger charge is -2.33. The summed E-state index contributed by atoms with van der Waals surface area (Å²) in [7, 11) is 0. The summed E-state index contributed by atoms with van der Waals surface area (Å²) in [6.07, 6.45) is -0.436. The molecule has 132 valence electrons. The second-order valence-corrected chi connectivity index (χ2v) is 7.50. The minimum absolute atomic E-state index is 0.0809. The predicted octanol–water partition coefficient (Wildman–Crippen LogP) is 2.98. The number of esters is 1. The fraction of sp³-hybridized carbons (Fsp3) is 0.588. The number of rotatable bonds is 4. The normalized spacial score (nSPS) is 28.5. The zero-order valence-corrected chi connectivity index (χ0v) is 14.7. The van der Waals surface area contributed by atoms with Crippen molar-refractivity contribution in [3.63, 3.8) is 0 Å². The van der Waals surface area contributed by atoms with Crippen molar-refractivity contribution in [2.45, 2.75) is 43.3 Å². The van der Waals surface area contributed by atoms with Crippen LogP contribution in [0, 0.1) is 5.92 Å². The minimum atomic E-state index is -2.86. The van der Waals surface area contributed by atoms with Gasteiger partial charge in [-0.2, -0.15) is 0 Å². The van der Waals surface area contributed by atoms with Gasteiger partial charge in [0.05, 0.1) is 0 Å². The molecule has 1 aliphatic heterocycles. The molecule has 1 aliphatic carbocycles. The number of carbonyl (C=O) groups is 1. The van der Waals surface area contributed by atoms with E-state index in [9.17, 15) is 18.7 Å². The first-order valence-corrected chi connectivity index (χ1v) is 8.88. The third-order valence-corrected chi connectivity index (χ3v) is 5.41. The quantitative estimate of drug-likeness (QED) is 0.758. The molecule has 2 fully saturated rings. The lowest BCUT2D eigenvalue weighted by atomic mass is 9.80. The van der Waals surface area contributed by atoms with Gasteiger partial charge in [0, 0.05) is 29.8 Å². The van der Waals surface area contributed by atoms with Gasteiger partial charge in [0.2, 0.25) is 5.92 Å². The Morgan fingerprint density at radius 3 is 2.58 bits per heavy atom. The van der Waals surface area contributed by atoms with Crippen molar-refractivity contribution in [1.29, 1.82) is 0 Å². The number of hydrogen-bond donors (Lipinski definition) is 2. The van der Waals surface area contributed by atoms with E-state index < -0.39 is 29.8 Å². The van der Waals surface area contributed by atoms with Crippen LogP contribution in [0.15, 0.2) is 28.7 Å². The molecule has 2 N–H and O–H groups in total. The number of hydrogen-bond acceptors (Lipinski definition) is 4. The summed E-state index contributed by atoms with van der Waals surface area (Å²) in [5, 5.41) is 14.3. The number of carbonyl (C=O) groups excluding carboxylic acids is 1. The first-order valence-electron chi connectivity index (χ1n) is 8.09. The average Bonchev–Trinajstić information content (AvgIpc) is 3.16. The second kappa shape index (κ2) is 6.69. The number of halogens is 3. The molecule has 1 saturated carbocycles. The molecule has 3 atom stereocenters. The van der Waals surface area contributed by atoms with Gasteiger partial charge in [-0.1, -0.05) is 28.1 Å².